The van der Waals surface area contributed by atoms with E-state index in [4.69, 9.17) is 0 Å². The number of carbonyl (C=O) groups excluding carboxylic acids is 2. The van der Waals surface area contributed by atoms with E-state index in [2.05, 4.69) is 20.7 Å². The van der Waals surface area contributed by atoms with Gasteiger partial charge in [-0.25, -0.2) is 9.67 Å². The molecule has 0 aliphatic carbocycles. The third kappa shape index (κ3) is 4.50. The number of fused-ring (bicyclic) bond motifs is 1. The predicted molar refractivity (Wildman–Crippen MR) is 117 cm³/mol. The molecule has 0 unspecified atom stereocenters. The number of benzene rings is 2. The summed E-state index contributed by atoms with van der Waals surface area (Å²) in [6, 6.07) is 16.3. The molecule has 0 saturated carbocycles. The number of aryl methyl sites for hydroxylation is 1. The molecule has 0 aliphatic heterocycles. The summed E-state index contributed by atoms with van der Waals surface area (Å²) < 4.78 is 3.00. The van der Waals surface area contributed by atoms with E-state index >= 15 is 0 Å². The Balaban J connectivity index is 1.46. The number of carbonyl (C=O) groups is 2. The molecule has 2 aromatic heterocycles. The maximum Gasteiger partial charge on any atom is 0.264 e. The second-order valence-corrected chi connectivity index (χ2v) is 6.93. The molecule has 0 fully saturated rings. The standard InChI is InChI=1S/C22H20N6O3/c1-15(29)25-16-6-5-7-17(12-16)26-20(30)10-11-27-14-23-21-19(22(27)31)13-24-28(21)18-8-3-2-4-9-18/h2-9,12-14H,10-11H2,1H3,(H,25,29)(H,26,30). The molecule has 2 heterocycles. The van der Waals surface area contributed by atoms with E-state index in [0.717, 1.165) is 5.69 Å². The molecule has 4 aromatic rings. The number of para-hydroxylation sites is 1. The first-order valence-corrected chi connectivity index (χ1v) is 9.67. The van der Waals surface area contributed by atoms with Gasteiger partial charge in [-0.15, -0.1) is 0 Å². The zero-order valence-electron chi connectivity index (χ0n) is 16.8. The van der Waals surface area contributed by atoms with Crippen LogP contribution in [0.3, 0.4) is 0 Å². The molecular weight excluding hydrogens is 396 g/mol. The Morgan fingerprint density at radius 3 is 2.48 bits per heavy atom. The van der Waals surface area contributed by atoms with Crippen molar-refractivity contribution in [1.29, 1.82) is 0 Å². The number of anilines is 2. The number of hydrogen-bond donors (Lipinski definition) is 2. The molecule has 0 aliphatic rings. The van der Waals surface area contributed by atoms with Gasteiger partial charge in [0, 0.05) is 31.3 Å². The Bertz CT molecular complexity index is 1310. The van der Waals surface area contributed by atoms with Gasteiger partial charge in [0.1, 0.15) is 5.39 Å². The van der Waals surface area contributed by atoms with Crippen molar-refractivity contribution in [2.75, 3.05) is 10.6 Å². The zero-order chi connectivity index (χ0) is 21.8. The summed E-state index contributed by atoms with van der Waals surface area (Å²) in [5, 5.41) is 10.1. The van der Waals surface area contributed by atoms with Gasteiger partial charge in [0.2, 0.25) is 11.8 Å². The van der Waals surface area contributed by atoms with Crippen LogP contribution in [0.4, 0.5) is 11.4 Å². The molecule has 9 heteroatoms. The highest BCUT2D eigenvalue weighted by Crippen LogP contribution is 2.16. The van der Waals surface area contributed by atoms with Gasteiger partial charge >= 0.3 is 0 Å². The summed E-state index contributed by atoms with van der Waals surface area (Å²) >= 11 is 0. The monoisotopic (exact) mass is 416 g/mol. The van der Waals surface area contributed by atoms with Gasteiger partial charge in [-0.3, -0.25) is 19.0 Å². The first-order chi connectivity index (χ1) is 15.0. The molecular formula is C22H20N6O3. The minimum absolute atomic E-state index is 0.0876. The number of hydrogen-bond acceptors (Lipinski definition) is 5. The van der Waals surface area contributed by atoms with E-state index in [1.54, 1.807) is 28.9 Å². The maximum atomic E-state index is 12.8. The smallest absolute Gasteiger partial charge is 0.264 e. The third-order valence-electron chi connectivity index (χ3n) is 4.60. The van der Waals surface area contributed by atoms with Crippen LogP contribution in [0.15, 0.2) is 71.9 Å². The third-order valence-corrected chi connectivity index (χ3v) is 4.60. The van der Waals surface area contributed by atoms with Crippen molar-refractivity contribution in [3.63, 3.8) is 0 Å². The zero-order valence-corrected chi connectivity index (χ0v) is 16.8. The Labute approximate surface area is 177 Å². The lowest BCUT2D eigenvalue weighted by atomic mass is 10.2. The topological polar surface area (TPSA) is 111 Å². The minimum atomic E-state index is -0.257. The summed E-state index contributed by atoms with van der Waals surface area (Å²) in [5.41, 5.74) is 2.16. The van der Waals surface area contributed by atoms with Crippen molar-refractivity contribution in [2.45, 2.75) is 19.9 Å². The molecule has 31 heavy (non-hydrogen) atoms. The number of aromatic nitrogens is 4. The first-order valence-electron chi connectivity index (χ1n) is 9.67. The van der Waals surface area contributed by atoms with E-state index in [1.165, 1.54) is 24.0 Å². The lowest BCUT2D eigenvalue weighted by Gasteiger charge is -2.09. The minimum Gasteiger partial charge on any atom is -0.326 e. The van der Waals surface area contributed by atoms with E-state index in [-0.39, 0.29) is 30.3 Å². The van der Waals surface area contributed by atoms with Gasteiger partial charge < -0.3 is 10.6 Å². The number of rotatable bonds is 6. The van der Waals surface area contributed by atoms with E-state index in [1.807, 2.05) is 30.3 Å². The molecule has 0 spiro atoms. The van der Waals surface area contributed by atoms with E-state index in [0.29, 0.717) is 22.4 Å². The van der Waals surface area contributed by atoms with Gasteiger partial charge in [0.05, 0.1) is 18.2 Å². The van der Waals surface area contributed by atoms with Crippen molar-refractivity contribution < 1.29 is 9.59 Å². The summed E-state index contributed by atoms with van der Waals surface area (Å²) in [5.74, 6) is -0.451. The molecule has 0 saturated heterocycles. The largest absolute Gasteiger partial charge is 0.326 e. The van der Waals surface area contributed by atoms with Gasteiger partial charge in [-0.05, 0) is 30.3 Å². The molecule has 2 amide bonds. The Morgan fingerprint density at radius 2 is 1.74 bits per heavy atom. The average Bonchev–Trinajstić information content (AvgIpc) is 3.19. The molecule has 0 bridgehead atoms. The SMILES string of the molecule is CC(=O)Nc1cccc(NC(=O)CCn2cnc3c(cnn3-c3ccccc3)c2=O)c1. The molecule has 0 atom stereocenters. The summed E-state index contributed by atoms with van der Waals surface area (Å²) in [6.45, 7) is 1.59. The molecule has 2 aromatic carbocycles. The Kier molecular flexibility index (Phi) is 5.57. The number of nitrogens with one attached hydrogen (secondary N) is 2. The fourth-order valence-electron chi connectivity index (χ4n) is 3.19. The van der Waals surface area contributed by atoms with Crippen molar-refractivity contribution in [3.05, 3.63) is 77.5 Å². The summed E-state index contributed by atoms with van der Waals surface area (Å²) in [6.07, 6.45) is 3.00. The van der Waals surface area contributed by atoms with Crippen LogP contribution >= 0.6 is 0 Å². The molecule has 156 valence electrons. The van der Waals surface area contributed by atoms with Crippen LogP contribution in [0.2, 0.25) is 0 Å². The van der Waals surface area contributed by atoms with Crippen LogP contribution < -0.4 is 16.2 Å². The van der Waals surface area contributed by atoms with Gasteiger partial charge in [-0.2, -0.15) is 5.10 Å². The van der Waals surface area contributed by atoms with Crippen LogP contribution in [-0.4, -0.2) is 31.1 Å². The van der Waals surface area contributed by atoms with Gasteiger partial charge in [-0.1, -0.05) is 24.3 Å². The van der Waals surface area contributed by atoms with Crippen molar-refractivity contribution in [1.82, 2.24) is 19.3 Å². The van der Waals surface area contributed by atoms with Crippen LogP contribution in [0.25, 0.3) is 16.7 Å². The van der Waals surface area contributed by atoms with Crippen molar-refractivity contribution >= 4 is 34.2 Å². The first kappa shape index (κ1) is 20.0. The molecule has 0 radical (unpaired) electrons. The van der Waals surface area contributed by atoms with Crippen LogP contribution in [0.5, 0.6) is 0 Å². The van der Waals surface area contributed by atoms with Gasteiger partial charge in [0.15, 0.2) is 5.65 Å². The van der Waals surface area contributed by atoms with Crippen LogP contribution in [0, 0.1) is 0 Å². The second-order valence-electron chi connectivity index (χ2n) is 6.93. The summed E-state index contributed by atoms with van der Waals surface area (Å²) in [4.78, 5) is 40.7. The van der Waals surface area contributed by atoms with E-state index in [9.17, 15) is 14.4 Å². The average molecular weight is 416 g/mol. The van der Waals surface area contributed by atoms with Crippen molar-refractivity contribution in [3.8, 4) is 5.69 Å². The predicted octanol–water partition coefficient (Wildman–Crippen LogP) is 2.57. The Hall–Kier alpha value is -4.27. The highest BCUT2D eigenvalue weighted by molar-refractivity contribution is 5.93. The van der Waals surface area contributed by atoms with Gasteiger partial charge in [0.25, 0.3) is 5.56 Å². The highest BCUT2D eigenvalue weighted by Gasteiger charge is 2.12. The quantitative estimate of drug-likeness (QED) is 0.502. The maximum absolute atomic E-state index is 12.8. The number of amides is 2. The lowest BCUT2D eigenvalue weighted by Crippen LogP contribution is -2.23. The van der Waals surface area contributed by atoms with Crippen molar-refractivity contribution in [2.24, 2.45) is 0 Å². The highest BCUT2D eigenvalue weighted by atomic mass is 16.2. The van der Waals surface area contributed by atoms with Crippen LogP contribution in [0.1, 0.15) is 13.3 Å². The molecule has 9 nitrogen and oxygen atoms in total. The Morgan fingerprint density at radius 1 is 1.00 bits per heavy atom. The second kappa shape index (κ2) is 8.62. The number of nitrogens with zero attached hydrogens (tertiary/aromatic N) is 4. The normalized spacial score (nSPS) is 10.7. The molecule has 4 rings (SSSR count). The fraction of sp³-hybridized carbons (Fsp3) is 0.136. The van der Waals surface area contributed by atoms with Crippen LogP contribution in [-0.2, 0) is 16.1 Å². The fourth-order valence-corrected chi connectivity index (χ4v) is 3.19. The lowest BCUT2D eigenvalue weighted by molar-refractivity contribution is -0.116. The molecule has 2 N–H and O–H groups in total. The summed E-state index contributed by atoms with van der Waals surface area (Å²) in [7, 11) is 0. The van der Waals surface area contributed by atoms with E-state index < -0.39 is 0 Å².